The van der Waals surface area contributed by atoms with Crippen LogP contribution >= 0.6 is 0 Å². The van der Waals surface area contributed by atoms with Gasteiger partial charge < -0.3 is 38.3 Å². The summed E-state index contributed by atoms with van der Waals surface area (Å²) in [5, 5.41) is 21.3. The van der Waals surface area contributed by atoms with Gasteiger partial charge in [0, 0.05) is 11.5 Å². The van der Waals surface area contributed by atoms with Crippen LogP contribution in [0.2, 0.25) is 0 Å². The molecule has 0 saturated heterocycles. The second kappa shape index (κ2) is 18.4. The summed E-state index contributed by atoms with van der Waals surface area (Å²) in [7, 11) is 0. The van der Waals surface area contributed by atoms with Gasteiger partial charge in [-0.15, -0.1) is 13.2 Å². The molecule has 276 valence electrons. The average molecular weight is 697 g/mol. The van der Waals surface area contributed by atoms with Gasteiger partial charge in [0.25, 0.3) is 0 Å². The number of hydrogen-bond donors (Lipinski definition) is 2. The Morgan fingerprint density at radius 3 is 2.08 bits per heavy atom. The van der Waals surface area contributed by atoms with Gasteiger partial charge in [0.05, 0.1) is 44.7 Å². The Hall–Kier alpha value is -2.83. The van der Waals surface area contributed by atoms with E-state index in [2.05, 4.69) is 53.2 Å². The molecule has 3 aromatic rings. The van der Waals surface area contributed by atoms with Gasteiger partial charge in [-0.2, -0.15) is 0 Å². The fourth-order valence-corrected chi connectivity index (χ4v) is 5.19. The van der Waals surface area contributed by atoms with E-state index in [0.29, 0.717) is 23.1 Å². The quantitative estimate of drug-likeness (QED) is 0.113. The van der Waals surface area contributed by atoms with Gasteiger partial charge >= 0.3 is 6.36 Å². The molecule has 0 aliphatic heterocycles. The first-order chi connectivity index (χ1) is 22.9. The maximum Gasteiger partial charge on any atom is 0.573 e. The molecule has 0 aliphatic carbocycles. The summed E-state index contributed by atoms with van der Waals surface area (Å²) in [5.74, 6) is 0.342. The standard InChI is InChI=1S/C38H55F3O8/c1-8-9-10-11-26-12-15-31(34(18-26)49-38(39,40)41)33-19-27-13-14-30(20-32(27)48-33)46-24-28(42)22-44-16-17-45-23-29(43)25-47-35(37(5,6)7)21-36(2,3)4/h12-15,18-20,28-29,35,42-43H,8-11,16-17,21-25H2,1-7H3. The second-order valence-corrected chi connectivity index (χ2v) is 14.9. The average Bonchev–Trinajstić information content (AvgIpc) is 3.41. The molecule has 3 rings (SSSR count). The van der Waals surface area contributed by atoms with E-state index in [0.717, 1.165) is 31.2 Å². The maximum atomic E-state index is 13.2. The summed E-state index contributed by atoms with van der Waals surface area (Å²) in [6.07, 6.45) is -2.11. The van der Waals surface area contributed by atoms with E-state index in [4.69, 9.17) is 23.4 Å². The molecule has 11 heteroatoms. The number of aliphatic hydroxyl groups is 2. The van der Waals surface area contributed by atoms with Gasteiger partial charge in [-0.25, -0.2) is 0 Å². The molecule has 0 radical (unpaired) electrons. The van der Waals surface area contributed by atoms with Crippen LogP contribution in [0.25, 0.3) is 22.3 Å². The Morgan fingerprint density at radius 2 is 1.47 bits per heavy atom. The minimum Gasteiger partial charge on any atom is -0.491 e. The molecule has 0 aliphatic rings. The van der Waals surface area contributed by atoms with Crippen LogP contribution in [0.5, 0.6) is 11.5 Å². The lowest BCUT2D eigenvalue weighted by molar-refractivity contribution is -0.274. The minimum absolute atomic E-state index is 0.00504. The molecule has 0 amide bonds. The third-order valence-corrected chi connectivity index (χ3v) is 7.79. The topological polar surface area (TPSA) is 99.8 Å². The highest BCUT2D eigenvalue weighted by Crippen LogP contribution is 2.38. The zero-order chi connectivity index (χ0) is 36.2. The van der Waals surface area contributed by atoms with Crippen molar-refractivity contribution in [3.05, 3.63) is 48.0 Å². The van der Waals surface area contributed by atoms with Crippen LogP contribution in [0, 0.1) is 10.8 Å². The first-order valence-corrected chi connectivity index (χ1v) is 17.1. The molecule has 0 bridgehead atoms. The number of halogens is 3. The molecule has 2 N–H and O–H groups in total. The van der Waals surface area contributed by atoms with Gasteiger partial charge in [-0.1, -0.05) is 67.4 Å². The first-order valence-electron chi connectivity index (χ1n) is 17.1. The van der Waals surface area contributed by atoms with Crippen LogP contribution in [0.15, 0.2) is 46.9 Å². The van der Waals surface area contributed by atoms with E-state index in [1.54, 1.807) is 36.4 Å². The summed E-state index contributed by atoms with van der Waals surface area (Å²) >= 11 is 0. The van der Waals surface area contributed by atoms with Crippen molar-refractivity contribution in [2.24, 2.45) is 10.8 Å². The Balaban J connectivity index is 1.44. The minimum atomic E-state index is -4.85. The zero-order valence-corrected chi connectivity index (χ0v) is 30.0. The van der Waals surface area contributed by atoms with Gasteiger partial charge in [0.15, 0.2) is 0 Å². The number of fused-ring (bicyclic) bond motifs is 1. The third kappa shape index (κ3) is 14.9. The molecular formula is C38H55F3O8. The molecule has 3 atom stereocenters. The molecule has 0 saturated carbocycles. The van der Waals surface area contributed by atoms with Crippen LogP contribution in [0.4, 0.5) is 13.2 Å². The van der Waals surface area contributed by atoms with Crippen molar-refractivity contribution in [3.63, 3.8) is 0 Å². The summed E-state index contributed by atoms with van der Waals surface area (Å²) in [6, 6.07) is 11.5. The smallest absolute Gasteiger partial charge is 0.491 e. The molecule has 1 aromatic heterocycles. The fraction of sp³-hybridized carbons (Fsp3) is 0.632. The number of aliphatic hydroxyl groups excluding tert-OH is 2. The number of alkyl halides is 3. The first kappa shape index (κ1) is 40.6. The highest BCUT2D eigenvalue weighted by Gasteiger charge is 2.33. The van der Waals surface area contributed by atoms with Gasteiger partial charge in [0.2, 0.25) is 0 Å². The Bertz CT molecular complexity index is 1410. The lowest BCUT2D eigenvalue weighted by Gasteiger charge is -2.36. The van der Waals surface area contributed by atoms with E-state index in [9.17, 15) is 23.4 Å². The van der Waals surface area contributed by atoms with Crippen molar-refractivity contribution in [1.29, 1.82) is 0 Å². The number of benzene rings is 2. The summed E-state index contributed by atoms with van der Waals surface area (Å²) in [4.78, 5) is 0. The SMILES string of the molecule is CCCCCc1ccc(-c2cc3ccc(OCC(O)COCCOCC(O)COC(CC(C)(C)C)C(C)(C)C)cc3o2)c(OC(F)(F)F)c1. The fourth-order valence-electron chi connectivity index (χ4n) is 5.19. The highest BCUT2D eigenvalue weighted by molar-refractivity contribution is 5.85. The molecule has 3 unspecified atom stereocenters. The molecule has 2 aromatic carbocycles. The van der Waals surface area contributed by atoms with Crippen LogP contribution in [-0.4, -0.2) is 74.5 Å². The van der Waals surface area contributed by atoms with Crippen molar-refractivity contribution < 1.29 is 51.5 Å². The van der Waals surface area contributed by atoms with Crippen LogP contribution in [0.1, 0.15) is 79.7 Å². The number of furan rings is 1. The van der Waals surface area contributed by atoms with Crippen LogP contribution in [0.3, 0.4) is 0 Å². The molecule has 49 heavy (non-hydrogen) atoms. The Labute approximate surface area is 288 Å². The number of rotatable bonds is 20. The van der Waals surface area contributed by atoms with Gasteiger partial charge in [-0.05, 0) is 66.0 Å². The Kier molecular flexibility index (Phi) is 15.3. The normalized spacial score (nSPS) is 14.6. The number of aryl methyl sites for hydroxylation is 1. The lowest BCUT2D eigenvalue weighted by Crippen LogP contribution is -2.36. The third-order valence-electron chi connectivity index (χ3n) is 7.79. The predicted molar refractivity (Wildman–Crippen MR) is 184 cm³/mol. The van der Waals surface area contributed by atoms with E-state index < -0.39 is 18.6 Å². The summed E-state index contributed by atoms with van der Waals surface area (Å²) in [6.45, 7) is 15.7. The zero-order valence-electron chi connectivity index (χ0n) is 30.0. The van der Waals surface area contributed by atoms with E-state index >= 15 is 0 Å². The van der Waals surface area contributed by atoms with E-state index in [1.165, 1.54) is 6.07 Å². The van der Waals surface area contributed by atoms with Crippen molar-refractivity contribution in [1.82, 2.24) is 0 Å². The van der Waals surface area contributed by atoms with Crippen LogP contribution < -0.4 is 9.47 Å². The van der Waals surface area contributed by atoms with Crippen molar-refractivity contribution in [3.8, 4) is 22.8 Å². The Morgan fingerprint density at radius 1 is 0.796 bits per heavy atom. The summed E-state index contributed by atoms with van der Waals surface area (Å²) in [5.41, 5.74) is 1.43. The van der Waals surface area contributed by atoms with E-state index in [1.807, 2.05) is 0 Å². The highest BCUT2D eigenvalue weighted by atomic mass is 19.4. The summed E-state index contributed by atoms with van der Waals surface area (Å²) < 4.78 is 72.8. The van der Waals surface area contributed by atoms with Gasteiger partial charge in [-0.3, -0.25) is 0 Å². The molecular weight excluding hydrogens is 641 g/mol. The predicted octanol–water partition coefficient (Wildman–Crippen LogP) is 8.73. The number of hydrogen-bond acceptors (Lipinski definition) is 8. The number of ether oxygens (including phenoxy) is 5. The monoisotopic (exact) mass is 696 g/mol. The molecule has 0 fully saturated rings. The molecule has 0 spiro atoms. The second-order valence-electron chi connectivity index (χ2n) is 14.9. The van der Waals surface area contributed by atoms with Crippen LogP contribution in [-0.2, 0) is 20.6 Å². The van der Waals surface area contributed by atoms with Gasteiger partial charge in [0.1, 0.15) is 41.7 Å². The van der Waals surface area contributed by atoms with Crippen molar-refractivity contribution >= 4 is 11.0 Å². The molecule has 8 nitrogen and oxygen atoms in total. The maximum absolute atomic E-state index is 13.2. The molecule has 1 heterocycles. The van der Waals surface area contributed by atoms with Crippen molar-refractivity contribution in [2.45, 2.75) is 105 Å². The lowest BCUT2D eigenvalue weighted by atomic mass is 9.78. The van der Waals surface area contributed by atoms with Crippen molar-refractivity contribution in [2.75, 3.05) is 39.6 Å². The largest absolute Gasteiger partial charge is 0.573 e. The van der Waals surface area contributed by atoms with E-state index in [-0.39, 0.29) is 73.6 Å². The number of unbranched alkanes of at least 4 members (excludes halogenated alkanes) is 2.